The Bertz CT molecular complexity index is 1550. The average molecular weight is 509 g/mol. The number of fused-ring (bicyclic) bond motifs is 1. The number of carbonyl (C=O) groups excluding carboxylic acids is 1. The molecule has 5 aromatic rings. The van der Waals surface area contributed by atoms with Crippen molar-refractivity contribution in [1.29, 1.82) is 0 Å². The molecule has 1 amide bonds. The van der Waals surface area contributed by atoms with E-state index in [1.165, 1.54) is 0 Å². The van der Waals surface area contributed by atoms with E-state index in [1.807, 2.05) is 53.9 Å². The third-order valence-electron chi connectivity index (χ3n) is 6.29. The molecule has 0 radical (unpaired) electrons. The molecule has 5 heterocycles. The van der Waals surface area contributed by atoms with Crippen molar-refractivity contribution in [1.82, 2.24) is 19.9 Å². The SMILES string of the molecule is CC1COCCN1c1nc(-c2ccc(NC(=O)c3cc(-c4ccccc4)ccn3)nc2)nc2ccsc12. The van der Waals surface area contributed by atoms with E-state index in [4.69, 9.17) is 14.7 Å². The van der Waals surface area contributed by atoms with E-state index in [1.54, 1.807) is 35.9 Å². The molecule has 184 valence electrons. The molecule has 0 aliphatic carbocycles. The Morgan fingerprint density at radius 3 is 2.73 bits per heavy atom. The van der Waals surface area contributed by atoms with E-state index in [0.29, 0.717) is 30.5 Å². The summed E-state index contributed by atoms with van der Waals surface area (Å²) >= 11 is 1.64. The third-order valence-corrected chi connectivity index (χ3v) is 7.19. The highest BCUT2D eigenvalue weighted by Crippen LogP contribution is 2.33. The van der Waals surface area contributed by atoms with Crippen molar-refractivity contribution in [2.45, 2.75) is 13.0 Å². The van der Waals surface area contributed by atoms with Crippen LogP contribution in [0.5, 0.6) is 0 Å². The van der Waals surface area contributed by atoms with E-state index in [-0.39, 0.29) is 11.9 Å². The fraction of sp³-hybridized carbons (Fsp3) is 0.179. The largest absolute Gasteiger partial charge is 0.377 e. The number of aromatic nitrogens is 4. The Hall–Kier alpha value is -4.21. The number of ether oxygens (including phenoxy) is 1. The van der Waals surface area contributed by atoms with E-state index < -0.39 is 0 Å². The zero-order chi connectivity index (χ0) is 25.2. The minimum Gasteiger partial charge on any atom is -0.377 e. The molecule has 4 aromatic heterocycles. The molecule has 1 aromatic carbocycles. The molecule has 9 heteroatoms. The molecule has 0 bridgehead atoms. The number of anilines is 2. The van der Waals surface area contributed by atoms with Crippen molar-refractivity contribution in [3.8, 4) is 22.5 Å². The molecule has 1 N–H and O–H groups in total. The Balaban J connectivity index is 1.24. The minimum absolute atomic E-state index is 0.228. The van der Waals surface area contributed by atoms with Crippen LogP contribution in [0.25, 0.3) is 32.7 Å². The van der Waals surface area contributed by atoms with Crippen LogP contribution in [0.1, 0.15) is 17.4 Å². The van der Waals surface area contributed by atoms with Crippen LogP contribution in [-0.4, -0.2) is 51.6 Å². The predicted octanol–water partition coefficient (Wildman–Crippen LogP) is 5.29. The average Bonchev–Trinajstić information content (AvgIpc) is 3.43. The van der Waals surface area contributed by atoms with Crippen LogP contribution in [0.4, 0.5) is 11.6 Å². The van der Waals surface area contributed by atoms with Gasteiger partial charge in [-0.2, -0.15) is 0 Å². The number of pyridine rings is 2. The second-order valence-electron chi connectivity index (χ2n) is 8.81. The maximum atomic E-state index is 12.9. The third kappa shape index (κ3) is 4.78. The zero-order valence-corrected chi connectivity index (χ0v) is 21.0. The summed E-state index contributed by atoms with van der Waals surface area (Å²) in [5.74, 6) is 1.63. The summed E-state index contributed by atoms with van der Waals surface area (Å²) < 4.78 is 6.69. The molecular formula is C28H24N6O2S. The molecule has 6 rings (SSSR count). The first-order chi connectivity index (χ1) is 18.2. The van der Waals surface area contributed by atoms with Gasteiger partial charge in [-0.3, -0.25) is 9.78 Å². The van der Waals surface area contributed by atoms with Gasteiger partial charge in [-0.25, -0.2) is 15.0 Å². The lowest BCUT2D eigenvalue weighted by Crippen LogP contribution is -2.44. The molecule has 1 fully saturated rings. The number of hydrogen-bond donors (Lipinski definition) is 1. The normalized spacial score (nSPS) is 15.6. The number of morpholine rings is 1. The van der Waals surface area contributed by atoms with Crippen LogP contribution in [-0.2, 0) is 4.74 Å². The number of thiophene rings is 1. The van der Waals surface area contributed by atoms with Crippen LogP contribution in [0.3, 0.4) is 0 Å². The maximum absolute atomic E-state index is 12.9. The Kier molecular flexibility index (Phi) is 6.30. The number of nitrogens with zero attached hydrogens (tertiary/aromatic N) is 5. The first-order valence-electron chi connectivity index (χ1n) is 12.0. The van der Waals surface area contributed by atoms with Crippen molar-refractivity contribution in [3.63, 3.8) is 0 Å². The van der Waals surface area contributed by atoms with E-state index >= 15 is 0 Å². The van der Waals surface area contributed by atoms with E-state index in [0.717, 1.165) is 39.3 Å². The zero-order valence-electron chi connectivity index (χ0n) is 20.2. The fourth-order valence-electron chi connectivity index (χ4n) is 4.36. The molecule has 1 saturated heterocycles. The van der Waals surface area contributed by atoms with E-state index in [2.05, 4.69) is 27.1 Å². The van der Waals surface area contributed by atoms with Gasteiger partial charge in [0.2, 0.25) is 0 Å². The monoisotopic (exact) mass is 508 g/mol. The second kappa shape index (κ2) is 10.0. The summed E-state index contributed by atoms with van der Waals surface area (Å²) in [7, 11) is 0. The van der Waals surface area contributed by atoms with Crippen LogP contribution in [0, 0.1) is 0 Å². The lowest BCUT2D eigenvalue weighted by Gasteiger charge is -2.34. The molecule has 1 atom stereocenters. The Labute approximate surface area is 218 Å². The first kappa shape index (κ1) is 23.2. The van der Waals surface area contributed by atoms with Gasteiger partial charge in [0.25, 0.3) is 5.91 Å². The van der Waals surface area contributed by atoms with Crippen molar-refractivity contribution in [2.24, 2.45) is 0 Å². The molecule has 8 nitrogen and oxygen atoms in total. The summed E-state index contributed by atoms with van der Waals surface area (Å²) in [4.78, 5) is 33.5. The standard InChI is InChI=1S/C28H24N6O2S/c1-18-17-36-13-12-34(18)27-25-22(10-14-37-25)31-26(33-27)21-7-8-24(30-16-21)32-28(35)23-15-20(9-11-29-23)19-5-3-2-4-6-19/h2-11,14-16,18H,12-13,17H2,1H3,(H,30,32,35). The fourth-order valence-corrected chi connectivity index (χ4v) is 5.19. The highest BCUT2D eigenvalue weighted by atomic mass is 32.1. The predicted molar refractivity (Wildman–Crippen MR) is 146 cm³/mol. The van der Waals surface area contributed by atoms with Gasteiger partial charge < -0.3 is 15.0 Å². The summed E-state index contributed by atoms with van der Waals surface area (Å²) in [5, 5.41) is 4.87. The second-order valence-corrected chi connectivity index (χ2v) is 9.72. The van der Waals surface area contributed by atoms with E-state index in [9.17, 15) is 4.79 Å². The molecular weight excluding hydrogens is 484 g/mol. The van der Waals surface area contributed by atoms with Gasteiger partial charge in [0, 0.05) is 24.5 Å². The lowest BCUT2D eigenvalue weighted by molar-refractivity contribution is 0.0987. The van der Waals surface area contributed by atoms with Gasteiger partial charge in [0.1, 0.15) is 11.5 Å². The molecule has 0 saturated carbocycles. The number of carbonyl (C=O) groups is 1. The van der Waals surface area contributed by atoms with Crippen LogP contribution >= 0.6 is 11.3 Å². The van der Waals surface area contributed by atoms with Crippen molar-refractivity contribution in [2.75, 3.05) is 30.0 Å². The minimum atomic E-state index is -0.322. The molecule has 0 spiro atoms. The number of benzene rings is 1. The molecule has 1 aliphatic rings. The first-order valence-corrected chi connectivity index (χ1v) is 12.9. The summed E-state index contributed by atoms with van der Waals surface area (Å²) in [6.07, 6.45) is 3.32. The van der Waals surface area contributed by atoms with Crippen molar-refractivity contribution in [3.05, 3.63) is 84.1 Å². The maximum Gasteiger partial charge on any atom is 0.275 e. The van der Waals surface area contributed by atoms with Gasteiger partial charge in [0.05, 0.1) is 29.5 Å². The Morgan fingerprint density at radius 2 is 1.92 bits per heavy atom. The van der Waals surface area contributed by atoms with Gasteiger partial charge in [-0.05, 0) is 53.8 Å². The summed E-state index contributed by atoms with van der Waals surface area (Å²) in [5.41, 5.74) is 3.95. The molecule has 1 aliphatic heterocycles. The van der Waals surface area contributed by atoms with Gasteiger partial charge >= 0.3 is 0 Å². The smallest absolute Gasteiger partial charge is 0.275 e. The topological polar surface area (TPSA) is 93.1 Å². The van der Waals surface area contributed by atoms with Gasteiger partial charge in [-0.15, -0.1) is 11.3 Å². The van der Waals surface area contributed by atoms with Crippen LogP contribution in [0.2, 0.25) is 0 Å². The van der Waals surface area contributed by atoms with Gasteiger partial charge in [0.15, 0.2) is 11.6 Å². The van der Waals surface area contributed by atoms with Gasteiger partial charge in [-0.1, -0.05) is 30.3 Å². The number of amides is 1. The number of nitrogens with one attached hydrogen (secondary N) is 1. The summed E-state index contributed by atoms with van der Waals surface area (Å²) in [6.45, 7) is 4.28. The highest BCUT2D eigenvalue weighted by molar-refractivity contribution is 7.17. The summed E-state index contributed by atoms with van der Waals surface area (Å²) in [6, 6.07) is 19.4. The quantitative estimate of drug-likeness (QED) is 0.345. The van der Waals surface area contributed by atoms with Crippen molar-refractivity contribution < 1.29 is 9.53 Å². The Morgan fingerprint density at radius 1 is 1.03 bits per heavy atom. The van der Waals surface area contributed by atoms with Crippen LogP contribution < -0.4 is 10.2 Å². The van der Waals surface area contributed by atoms with Crippen molar-refractivity contribution >= 4 is 39.1 Å². The molecule has 1 unspecified atom stereocenters. The lowest BCUT2D eigenvalue weighted by atomic mass is 10.1. The number of rotatable bonds is 5. The number of hydrogen-bond acceptors (Lipinski definition) is 8. The highest BCUT2D eigenvalue weighted by Gasteiger charge is 2.24. The molecule has 37 heavy (non-hydrogen) atoms. The van der Waals surface area contributed by atoms with Crippen LogP contribution in [0.15, 0.2) is 78.4 Å².